The predicted octanol–water partition coefficient (Wildman–Crippen LogP) is 3.54. The Balaban J connectivity index is 1.57. The first-order valence-corrected chi connectivity index (χ1v) is 6.89. The van der Waals surface area contributed by atoms with Crippen LogP contribution in [0.5, 0.6) is 5.75 Å². The molecule has 0 unspecified atom stereocenters. The normalized spacial score (nSPS) is 10.5. The number of ether oxygens (including phenoxy) is 1. The Morgan fingerprint density at radius 2 is 1.61 bits per heavy atom. The van der Waals surface area contributed by atoms with Gasteiger partial charge in [0.2, 0.25) is 5.89 Å². The first-order valence-electron chi connectivity index (χ1n) is 6.89. The Morgan fingerprint density at radius 3 is 2.35 bits per heavy atom. The van der Waals surface area contributed by atoms with Crippen LogP contribution in [0.25, 0.3) is 0 Å². The van der Waals surface area contributed by atoms with Gasteiger partial charge in [-0.1, -0.05) is 24.3 Å². The SMILES string of the molecule is Fc1cccc(F)c1NCc1nnc(COc2ccccc2)o1. The molecular weight excluding hydrogens is 304 g/mol. The van der Waals surface area contributed by atoms with E-state index in [2.05, 4.69) is 15.5 Å². The van der Waals surface area contributed by atoms with Gasteiger partial charge in [0.05, 0.1) is 6.54 Å². The summed E-state index contributed by atoms with van der Waals surface area (Å²) in [6, 6.07) is 12.8. The Kier molecular flexibility index (Phi) is 4.46. The van der Waals surface area contributed by atoms with Gasteiger partial charge in [0, 0.05) is 0 Å². The van der Waals surface area contributed by atoms with Crippen molar-refractivity contribution in [3.05, 3.63) is 71.9 Å². The molecule has 23 heavy (non-hydrogen) atoms. The molecule has 7 heteroatoms. The van der Waals surface area contributed by atoms with Gasteiger partial charge in [0.15, 0.2) is 6.61 Å². The maximum absolute atomic E-state index is 13.5. The van der Waals surface area contributed by atoms with Crippen LogP contribution in [-0.2, 0) is 13.2 Å². The molecule has 0 spiro atoms. The third-order valence-corrected chi connectivity index (χ3v) is 2.99. The summed E-state index contributed by atoms with van der Waals surface area (Å²) in [6.45, 7) is 0.126. The molecule has 1 aromatic heterocycles. The molecule has 3 aromatic rings. The highest BCUT2D eigenvalue weighted by Crippen LogP contribution is 2.19. The lowest BCUT2D eigenvalue weighted by atomic mass is 10.3. The summed E-state index contributed by atoms with van der Waals surface area (Å²) >= 11 is 0. The molecule has 0 aliphatic rings. The highest BCUT2D eigenvalue weighted by Gasteiger charge is 2.11. The molecule has 0 bridgehead atoms. The fourth-order valence-electron chi connectivity index (χ4n) is 1.91. The molecule has 2 aromatic carbocycles. The second-order valence-corrected chi connectivity index (χ2v) is 4.64. The molecule has 0 aliphatic heterocycles. The molecule has 5 nitrogen and oxygen atoms in total. The Bertz CT molecular complexity index is 758. The van der Waals surface area contributed by atoms with Crippen LogP contribution in [-0.4, -0.2) is 10.2 Å². The van der Waals surface area contributed by atoms with Gasteiger partial charge in [-0.05, 0) is 24.3 Å². The van der Waals surface area contributed by atoms with Crippen molar-refractivity contribution in [3.8, 4) is 5.75 Å². The number of halogens is 2. The van der Waals surface area contributed by atoms with Crippen molar-refractivity contribution in [1.82, 2.24) is 10.2 Å². The van der Waals surface area contributed by atoms with Crippen LogP contribution < -0.4 is 10.1 Å². The molecule has 0 atom stereocenters. The third kappa shape index (κ3) is 3.82. The Hall–Kier alpha value is -2.96. The van der Waals surface area contributed by atoms with Crippen molar-refractivity contribution in [2.45, 2.75) is 13.2 Å². The highest BCUT2D eigenvalue weighted by molar-refractivity contribution is 5.45. The van der Waals surface area contributed by atoms with E-state index < -0.39 is 11.6 Å². The van der Waals surface area contributed by atoms with Crippen LogP contribution in [0.15, 0.2) is 52.9 Å². The summed E-state index contributed by atoms with van der Waals surface area (Å²) in [5.41, 5.74) is -0.229. The van der Waals surface area contributed by atoms with E-state index >= 15 is 0 Å². The number of benzene rings is 2. The quantitative estimate of drug-likeness (QED) is 0.753. The summed E-state index contributed by atoms with van der Waals surface area (Å²) < 4.78 is 37.8. The number of hydrogen-bond acceptors (Lipinski definition) is 5. The number of anilines is 1. The standard InChI is InChI=1S/C16H13F2N3O2/c17-12-7-4-8-13(18)16(12)19-9-14-20-21-15(23-14)10-22-11-5-2-1-3-6-11/h1-8,19H,9-10H2. The zero-order valence-electron chi connectivity index (χ0n) is 12.0. The van der Waals surface area contributed by atoms with Crippen LogP contribution in [0.4, 0.5) is 14.5 Å². The first-order chi connectivity index (χ1) is 11.2. The maximum atomic E-state index is 13.5. The summed E-state index contributed by atoms with van der Waals surface area (Å²) in [5.74, 6) is -0.202. The van der Waals surface area contributed by atoms with Crippen LogP contribution in [0.1, 0.15) is 11.8 Å². The smallest absolute Gasteiger partial charge is 0.253 e. The largest absolute Gasteiger partial charge is 0.484 e. The van der Waals surface area contributed by atoms with E-state index in [1.54, 1.807) is 12.1 Å². The van der Waals surface area contributed by atoms with Crippen LogP contribution in [0, 0.1) is 11.6 Å². The van der Waals surface area contributed by atoms with E-state index in [4.69, 9.17) is 9.15 Å². The number of hydrogen-bond donors (Lipinski definition) is 1. The van der Waals surface area contributed by atoms with Gasteiger partial charge in [-0.3, -0.25) is 0 Å². The number of para-hydroxylation sites is 2. The van der Waals surface area contributed by atoms with Crippen LogP contribution in [0.2, 0.25) is 0 Å². The van der Waals surface area contributed by atoms with Crippen molar-refractivity contribution in [2.75, 3.05) is 5.32 Å². The van der Waals surface area contributed by atoms with E-state index in [1.165, 1.54) is 18.2 Å². The van der Waals surface area contributed by atoms with Crippen LogP contribution in [0.3, 0.4) is 0 Å². The molecule has 0 saturated heterocycles. The number of rotatable bonds is 6. The van der Waals surface area contributed by atoms with Crippen molar-refractivity contribution < 1.29 is 17.9 Å². The lowest BCUT2D eigenvalue weighted by Crippen LogP contribution is -2.04. The molecule has 0 saturated carbocycles. The minimum atomic E-state index is -0.683. The Morgan fingerprint density at radius 1 is 0.913 bits per heavy atom. The van der Waals surface area contributed by atoms with Gasteiger partial charge in [-0.15, -0.1) is 10.2 Å². The van der Waals surface area contributed by atoms with Gasteiger partial charge in [-0.2, -0.15) is 0 Å². The molecule has 1 heterocycles. The summed E-state index contributed by atoms with van der Waals surface area (Å²) in [4.78, 5) is 0. The molecule has 1 N–H and O–H groups in total. The molecule has 3 rings (SSSR count). The highest BCUT2D eigenvalue weighted by atomic mass is 19.1. The van der Waals surface area contributed by atoms with Crippen molar-refractivity contribution in [2.24, 2.45) is 0 Å². The maximum Gasteiger partial charge on any atom is 0.253 e. The minimum Gasteiger partial charge on any atom is -0.484 e. The topological polar surface area (TPSA) is 60.2 Å². The summed E-state index contributed by atoms with van der Waals surface area (Å²) in [6.07, 6.45) is 0. The minimum absolute atomic E-state index is 0.0101. The molecule has 0 amide bonds. The first kappa shape index (κ1) is 15.0. The molecule has 0 radical (unpaired) electrons. The average Bonchev–Trinajstić information content (AvgIpc) is 3.01. The molecule has 118 valence electrons. The second-order valence-electron chi connectivity index (χ2n) is 4.64. The summed E-state index contributed by atoms with van der Waals surface area (Å²) in [5, 5.41) is 10.2. The lowest BCUT2D eigenvalue weighted by molar-refractivity contribution is 0.259. The van der Waals surface area contributed by atoms with E-state index in [9.17, 15) is 8.78 Å². The van der Waals surface area contributed by atoms with E-state index in [1.807, 2.05) is 18.2 Å². The fourth-order valence-corrected chi connectivity index (χ4v) is 1.91. The van der Waals surface area contributed by atoms with Gasteiger partial charge in [-0.25, -0.2) is 8.78 Å². The van der Waals surface area contributed by atoms with Gasteiger partial charge in [0.25, 0.3) is 5.89 Å². The number of aromatic nitrogens is 2. The fraction of sp³-hybridized carbons (Fsp3) is 0.125. The zero-order valence-corrected chi connectivity index (χ0v) is 12.0. The van der Waals surface area contributed by atoms with E-state index in [0.717, 1.165) is 0 Å². The summed E-state index contributed by atoms with van der Waals surface area (Å²) in [7, 11) is 0. The monoisotopic (exact) mass is 317 g/mol. The molecular formula is C16H13F2N3O2. The van der Waals surface area contributed by atoms with Gasteiger partial charge >= 0.3 is 0 Å². The van der Waals surface area contributed by atoms with E-state index in [-0.39, 0.29) is 30.6 Å². The van der Waals surface area contributed by atoms with Gasteiger partial charge in [0.1, 0.15) is 23.1 Å². The molecule has 0 aliphatic carbocycles. The van der Waals surface area contributed by atoms with Crippen molar-refractivity contribution in [3.63, 3.8) is 0 Å². The third-order valence-electron chi connectivity index (χ3n) is 2.99. The number of nitrogens with zero attached hydrogens (tertiary/aromatic N) is 2. The van der Waals surface area contributed by atoms with Gasteiger partial charge < -0.3 is 14.5 Å². The predicted molar refractivity (Wildman–Crippen MR) is 78.8 cm³/mol. The van der Waals surface area contributed by atoms with Crippen molar-refractivity contribution in [1.29, 1.82) is 0 Å². The lowest BCUT2D eigenvalue weighted by Gasteiger charge is -2.05. The van der Waals surface area contributed by atoms with Crippen molar-refractivity contribution >= 4 is 5.69 Å². The average molecular weight is 317 g/mol. The molecule has 0 fully saturated rings. The Labute approximate surface area is 130 Å². The number of nitrogens with one attached hydrogen (secondary N) is 1. The van der Waals surface area contributed by atoms with Crippen LogP contribution >= 0.6 is 0 Å². The second kappa shape index (κ2) is 6.87. The van der Waals surface area contributed by atoms with E-state index in [0.29, 0.717) is 5.75 Å². The zero-order chi connectivity index (χ0) is 16.1.